The molecule has 0 atom stereocenters. The second-order valence-corrected chi connectivity index (χ2v) is 5.22. The molecule has 0 aliphatic carbocycles. The molecule has 1 amide bonds. The molecule has 1 aromatic carbocycles. The smallest absolute Gasteiger partial charge is 0.266 e. The molecule has 2 rings (SSSR count). The second kappa shape index (κ2) is 6.88. The number of hydrogen-bond donors (Lipinski definition) is 2. The summed E-state index contributed by atoms with van der Waals surface area (Å²) >= 11 is 0. The van der Waals surface area contributed by atoms with Crippen LogP contribution in [0.25, 0.3) is 0 Å². The summed E-state index contributed by atoms with van der Waals surface area (Å²) in [6.07, 6.45) is 0.589. The van der Waals surface area contributed by atoms with Crippen LogP contribution in [0.15, 0.2) is 29.1 Å². The van der Waals surface area contributed by atoms with E-state index in [1.165, 1.54) is 24.3 Å². The maximum atomic E-state index is 12.8. The molecule has 5 nitrogen and oxygen atoms in total. The number of rotatable bonds is 4. The zero-order chi connectivity index (χ0) is 17.0. The maximum Gasteiger partial charge on any atom is 0.266 e. The summed E-state index contributed by atoms with van der Waals surface area (Å²) in [6.45, 7) is 3.44. The molecule has 2 N–H and O–H groups in total. The number of amides is 1. The number of aromatic amines is 1. The van der Waals surface area contributed by atoms with Crippen LogP contribution in [0.1, 0.15) is 28.8 Å². The number of carbonyl (C=O) groups is 1. The molecular weight excluding hydrogens is 297 g/mol. The summed E-state index contributed by atoms with van der Waals surface area (Å²) in [6, 6.07) is 7.39. The number of anilines is 1. The van der Waals surface area contributed by atoms with Gasteiger partial charge < -0.3 is 10.3 Å². The number of aryl methyl sites for hydroxylation is 1. The number of nitrogens with one attached hydrogen (secondary N) is 2. The van der Waals surface area contributed by atoms with E-state index >= 15 is 0 Å². The number of carbonyl (C=O) groups excluding carboxylic acids is 1. The zero-order valence-electron chi connectivity index (χ0n) is 12.9. The maximum absolute atomic E-state index is 12.8. The molecule has 23 heavy (non-hydrogen) atoms. The summed E-state index contributed by atoms with van der Waals surface area (Å²) in [4.78, 5) is 26.3. The van der Waals surface area contributed by atoms with Crippen LogP contribution in [0.4, 0.5) is 10.1 Å². The topological polar surface area (TPSA) is 85.8 Å². The van der Waals surface area contributed by atoms with E-state index in [1.807, 2.05) is 6.07 Å². The van der Waals surface area contributed by atoms with Crippen LogP contribution in [0.5, 0.6) is 0 Å². The highest BCUT2D eigenvalue weighted by molar-refractivity contribution is 5.90. The SMILES string of the molecule is Cc1[nH]c(=O)c(C#N)c(C)c1CCC(=O)Nc1ccc(F)cc1. The molecule has 0 fully saturated rings. The minimum Gasteiger partial charge on any atom is -0.326 e. The van der Waals surface area contributed by atoms with Crippen molar-refractivity contribution >= 4 is 11.6 Å². The van der Waals surface area contributed by atoms with Crippen molar-refractivity contribution < 1.29 is 9.18 Å². The van der Waals surface area contributed by atoms with E-state index in [2.05, 4.69) is 10.3 Å². The summed E-state index contributed by atoms with van der Waals surface area (Å²) in [5, 5.41) is 11.7. The minimum atomic E-state index is -0.415. The third-order valence-electron chi connectivity index (χ3n) is 3.65. The number of nitrogens with zero attached hydrogens (tertiary/aromatic N) is 1. The highest BCUT2D eigenvalue weighted by atomic mass is 19.1. The number of nitriles is 1. The van der Waals surface area contributed by atoms with E-state index in [-0.39, 0.29) is 23.7 Å². The van der Waals surface area contributed by atoms with Gasteiger partial charge in [-0.3, -0.25) is 9.59 Å². The number of aromatic nitrogens is 1. The number of hydrogen-bond acceptors (Lipinski definition) is 3. The molecule has 0 radical (unpaired) electrons. The van der Waals surface area contributed by atoms with E-state index in [0.29, 0.717) is 23.4 Å². The fraction of sp³-hybridized carbons (Fsp3) is 0.235. The van der Waals surface area contributed by atoms with E-state index in [0.717, 1.165) is 5.56 Å². The van der Waals surface area contributed by atoms with E-state index in [9.17, 15) is 14.0 Å². The first-order valence-corrected chi connectivity index (χ1v) is 7.10. The number of benzene rings is 1. The Morgan fingerprint density at radius 3 is 2.57 bits per heavy atom. The standard InChI is InChI=1S/C17H16FN3O2/c1-10-14(11(2)20-17(23)15(10)9-19)7-8-16(22)21-13-5-3-12(18)4-6-13/h3-6H,7-8H2,1-2H3,(H,20,23)(H,21,22). The van der Waals surface area contributed by atoms with Gasteiger partial charge in [0, 0.05) is 17.8 Å². The monoisotopic (exact) mass is 313 g/mol. The molecule has 0 spiro atoms. The Bertz CT molecular complexity index is 833. The molecule has 0 saturated carbocycles. The zero-order valence-corrected chi connectivity index (χ0v) is 12.9. The Kier molecular flexibility index (Phi) is 4.91. The molecule has 2 aromatic rings. The molecule has 0 unspecified atom stereocenters. The summed E-state index contributed by atoms with van der Waals surface area (Å²) < 4.78 is 12.8. The van der Waals surface area contributed by atoms with Crippen molar-refractivity contribution in [1.82, 2.24) is 4.98 Å². The molecular formula is C17H16FN3O2. The Balaban J connectivity index is 2.09. The van der Waals surface area contributed by atoms with Crippen LogP contribution in [0.2, 0.25) is 0 Å². The predicted octanol–water partition coefficient (Wildman–Crippen LogP) is 2.57. The van der Waals surface area contributed by atoms with Crippen LogP contribution < -0.4 is 10.9 Å². The molecule has 0 bridgehead atoms. The van der Waals surface area contributed by atoms with Crippen LogP contribution in [-0.4, -0.2) is 10.9 Å². The van der Waals surface area contributed by atoms with Gasteiger partial charge in [-0.1, -0.05) is 0 Å². The van der Waals surface area contributed by atoms with Crippen LogP contribution >= 0.6 is 0 Å². The Hall–Kier alpha value is -2.94. The van der Waals surface area contributed by atoms with E-state index in [4.69, 9.17) is 5.26 Å². The number of pyridine rings is 1. The molecule has 1 heterocycles. The molecule has 0 saturated heterocycles. The van der Waals surface area contributed by atoms with Gasteiger partial charge in [0.15, 0.2) is 0 Å². The quantitative estimate of drug-likeness (QED) is 0.909. The van der Waals surface area contributed by atoms with Gasteiger partial charge in [0.1, 0.15) is 17.4 Å². The first-order chi connectivity index (χ1) is 10.9. The van der Waals surface area contributed by atoms with Crippen molar-refractivity contribution in [3.8, 4) is 6.07 Å². The summed E-state index contributed by atoms with van der Waals surface area (Å²) in [5.74, 6) is -0.591. The van der Waals surface area contributed by atoms with E-state index < -0.39 is 5.56 Å². The van der Waals surface area contributed by atoms with Crippen LogP contribution in [0.3, 0.4) is 0 Å². The lowest BCUT2D eigenvalue weighted by Gasteiger charge is -2.11. The highest BCUT2D eigenvalue weighted by Gasteiger charge is 2.13. The van der Waals surface area contributed by atoms with Gasteiger partial charge in [0.25, 0.3) is 5.56 Å². The third-order valence-corrected chi connectivity index (χ3v) is 3.65. The van der Waals surface area contributed by atoms with Crippen molar-refractivity contribution in [2.24, 2.45) is 0 Å². The number of halogens is 1. The predicted molar refractivity (Wildman–Crippen MR) is 84.6 cm³/mol. The third kappa shape index (κ3) is 3.83. The van der Waals surface area contributed by atoms with Crippen molar-refractivity contribution in [2.45, 2.75) is 26.7 Å². The van der Waals surface area contributed by atoms with Gasteiger partial charge in [-0.05, 0) is 55.7 Å². The lowest BCUT2D eigenvalue weighted by molar-refractivity contribution is -0.116. The summed E-state index contributed by atoms with van der Waals surface area (Å²) in [5.41, 5.74) is 2.22. The first kappa shape index (κ1) is 16.4. The van der Waals surface area contributed by atoms with Gasteiger partial charge >= 0.3 is 0 Å². The summed E-state index contributed by atoms with van der Waals surface area (Å²) in [7, 11) is 0. The fourth-order valence-electron chi connectivity index (χ4n) is 2.42. The van der Waals surface area contributed by atoms with Crippen molar-refractivity contribution in [3.05, 3.63) is 62.8 Å². The van der Waals surface area contributed by atoms with Crippen molar-refractivity contribution in [1.29, 1.82) is 5.26 Å². The molecule has 6 heteroatoms. The Morgan fingerprint density at radius 1 is 1.30 bits per heavy atom. The molecule has 0 aliphatic rings. The number of H-pyrrole nitrogens is 1. The average molecular weight is 313 g/mol. The van der Waals surface area contributed by atoms with Gasteiger partial charge in [0.2, 0.25) is 5.91 Å². The van der Waals surface area contributed by atoms with Crippen molar-refractivity contribution in [3.63, 3.8) is 0 Å². The van der Waals surface area contributed by atoms with Crippen LogP contribution in [0, 0.1) is 31.0 Å². The average Bonchev–Trinajstić information content (AvgIpc) is 2.49. The normalized spacial score (nSPS) is 10.2. The van der Waals surface area contributed by atoms with Gasteiger partial charge in [-0.25, -0.2) is 4.39 Å². The Labute approximate surface area is 132 Å². The first-order valence-electron chi connectivity index (χ1n) is 7.10. The highest BCUT2D eigenvalue weighted by Crippen LogP contribution is 2.16. The fourth-order valence-corrected chi connectivity index (χ4v) is 2.42. The van der Waals surface area contributed by atoms with Crippen LogP contribution in [-0.2, 0) is 11.2 Å². The molecule has 0 aliphatic heterocycles. The largest absolute Gasteiger partial charge is 0.326 e. The molecule has 1 aromatic heterocycles. The minimum absolute atomic E-state index is 0.0737. The van der Waals surface area contributed by atoms with Gasteiger partial charge in [0.05, 0.1) is 0 Å². The van der Waals surface area contributed by atoms with Gasteiger partial charge in [-0.15, -0.1) is 0 Å². The second-order valence-electron chi connectivity index (χ2n) is 5.22. The molecule has 118 valence electrons. The van der Waals surface area contributed by atoms with E-state index in [1.54, 1.807) is 13.8 Å². The Morgan fingerprint density at radius 2 is 1.96 bits per heavy atom. The lowest BCUT2D eigenvalue weighted by atomic mass is 9.99. The van der Waals surface area contributed by atoms with Crippen molar-refractivity contribution in [2.75, 3.05) is 5.32 Å². The van der Waals surface area contributed by atoms with Gasteiger partial charge in [-0.2, -0.15) is 5.26 Å². The lowest BCUT2D eigenvalue weighted by Crippen LogP contribution is -2.18.